The quantitative estimate of drug-likeness (QED) is 0.860. The molecule has 1 saturated heterocycles. The monoisotopic (exact) mass is 311 g/mol. The molecule has 0 N–H and O–H groups in total. The van der Waals surface area contributed by atoms with Crippen LogP contribution in [0.4, 0.5) is 0 Å². The Morgan fingerprint density at radius 2 is 1.83 bits per heavy atom. The Hall–Kier alpha value is -0.290. The van der Waals surface area contributed by atoms with Crippen molar-refractivity contribution >= 4 is 35.6 Å². The highest BCUT2D eigenvalue weighted by atomic mass is 35.5. The number of likely N-dealkylation sites (tertiary alicyclic amines) is 1. The third-order valence-corrected chi connectivity index (χ3v) is 3.77. The third-order valence-electron chi connectivity index (χ3n) is 3.02. The minimum absolute atomic E-state index is 0. The van der Waals surface area contributed by atoms with E-state index in [0.717, 1.165) is 19.6 Å². The van der Waals surface area contributed by atoms with E-state index in [1.54, 1.807) is 0 Å². The Bertz CT molecular complexity index is 444. The average molecular weight is 313 g/mol. The molecule has 1 fully saturated rings. The lowest BCUT2D eigenvalue weighted by molar-refractivity contribution is 0.216. The minimum Gasteiger partial charge on any atom is -0.301 e. The number of rotatable bonds is 3. The van der Waals surface area contributed by atoms with Crippen molar-refractivity contribution in [3.8, 4) is 0 Å². The van der Waals surface area contributed by atoms with Gasteiger partial charge in [0.25, 0.3) is 5.56 Å². The first-order valence-electron chi connectivity index (χ1n) is 5.82. The Morgan fingerprint density at radius 3 is 2.50 bits per heavy atom. The average Bonchev–Trinajstić information content (AvgIpc) is 2.36. The Balaban J connectivity index is 0.00000162. The van der Waals surface area contributed by atoms with Crippen LogP contribution in [0.15, 0.2) is 11.0 Å². The molecule has 7 heteroatoms. The SMILES string of the molecule is Cl.O=c1c(Cl)c(Cl)cnn1CCN1CCCCC1. The van der Waals surface area contributed by atoms with Crippen molar-refractivity contribution in [3.05, 3.63) is 26.6 Å². The number of piperidine rings is 1. The summed E-state index contributed by atoms with van der Waals surface area (Å²) in [5, 5.41) is 4.25. The summed E-state index contributed by atoms with van der Waals surface area (Å²) < 4.78 is 1.38. The third kappa shape index (κ3) is 3.85. The van der Waals surface area contributed by atoms with Gasteiger partial charge in [0, 0.05) is 6.54 Å². The van der Waals surface area contributed by atoms with Crippen LogP contribution in [0.5, 0.6) is 0 Å². The van der Waals surface area contributed by atoms with E-state index in [0.29, 0.717) is 6.54 Å². The molecule has 2 rings (SSSR count). The van der Waals surface area contributed by atoms with Crippen LogP contribution in [0.2, 0.25) is 10.0 Å². The maximum absolute atomic E-state index is 11.7. The van der Waals surface area contributed by atoms with Crippen LogP contribution in [0.1, 0.15) is 19.3 Å². The zero-order valence-corrected chi connectivity index (χ0v) is 12.3. The van der Waals surface area contributed by atoms with E-state index < -0.39 is 0 Å². The zero-order chi connectivity index (χ0) is 12.3. The van der Waals surface area contributed by atoms with E-state index in [4.69, 9.17) is 23.2 Å². The summed E-state index contributed by atoms with van der Waals surface area (Å²) in [6, 6.07) is 0. The van der Waals surface area contributed by atoms with Crippen molar-refractivity contribution in [2.24, 2.45) is 0 Å². The molecule has 1 aromatic heterocycles. The summed E-state index contributed by atoms with van der Waals surface area (Å²) in [7, 11) is 0. The van der Waals surface area contributed by atoms with Gasteiger partial charge in [0.1, 0.15) is 5.02 Å². The molecule has 0 aliphatic carbocycles. The van der Waals surface area contributed by atoms with Gasteiger partial charge in [0.15, 0.2) is 0 Å². The van der Waals surface area contributed by atoms with E-state index in [1.807, 2.05) is 0 Å². The first-order chi connectivity index (χ1) is 8.18. The van der Waals surface area contributed by atoms with E-state index in [-0.39, 0.29) is 28.0 Å². The fourth-order valence-electron chi connectivity index (χ4n) is 2.02. The fraction of sp³-hybridized carbons (Fsp3) is 0.636. The molecule has 0 bridgehead atoms. The summed E-state index contributed by atoms with van der Waals surface area (Å²) in [4.78, 5) is 14.1. The second-order valence-corrected chi connectivity index (χ2v) is 5.02. The van der Waals surface area contributed by atoms with Crippen LogP contribution in [-0.4, -0.2) is 34.3 Å². The molecule has 4 nitrogen and oxygen atoms in total. The molecule has 0 aromatic carbocycles. The van der Waals surface area contributed by atoms with Crippen LogP contribution in [0, 0.1) is 0 Å². The van der Waals surface area contributed by atoms with Gasteiger partial charge >= 0.3 is 0 Å². The molecule has 0 amide bonds. The molecule has 0 atom stereocenters. The smallest absolute Gasteiger partial charge is 0.287 e. The van der Waals surface area contributed by atoms with Crippen molar-refractivity contribution in [2.45, 2.75) is 25.8 Å². The summed E-state index contributed by atoms with van der Waals surface area (Å²) in [6.45, 7) is 3.62. The van der Waals surface area contributed by atoms with Crippen molar-refractivity contribution < 1.29 is 0 Å². The molecule has 0 radical (unpaired) electrons. The van der Waals surface area contributed by atoms with Gasteiger partial charge in [0.05, 0.1) is 17.8 Å². The Labute approximate surface area is 122 Å². The van der Waals surface area contributed by atoms with Crippen molar-refractivity contribution in [3.63, 3.8) is 0 Å². The highest BCUT2D eigenvalue weighted by Crippen LogP contribution is 2.14. The molecule has 102 valence electrons. The maximum Gasteiger partial charge on any atom is 0.287 e. The molecule has 2 heterocycles. The zero-order valence-electron chi connectivity index (χ0n) is 9.94. The fourth-order valence-corrected chi connectivity index (χ4v) is 2.29. The number of aromatic nitrogens is 2. The van der Waals surface area contributed by atoms with Crippen LogP contribution in [0.25, 0.3) is 0 Å². The Kier molecular flexibility index (Phi) is 6.43. The molecular formula is C11H16Cl3N3O. The van der Waals surface area contributed by atoms with Crippen molar-refractivity contribution in [2.75, 3.05) is 19.6 Å². The van der Waals surface area contributed by atoms with Gasteiger partial charge in [-0.25, -0.2) is 4.68 Å². The second kappa shape index (κ2) is 7.34. The molecule has 1 aromatic rings. The predicted octanol–water partition coefficient (Wildman–Crippen LogP) is 2.46. The lowest BCUT2D eigenvalue weighted by atomic mass is 10.1. The maximum atomic E-state index is 11.7. The summed E-state index contributed by atoms with van der Waals surface area (Å²) in [6.07, 6.45) is 5.20. The van der Waals surface area contributed by atoms with E-state index in [9.17, 15) is 4.79 Å². The van der Waals surface area contributed by atoms with Gasteiger partial charge in [-0.2, -0.15) is 5.10 Å². The van der Waals surface area contributed by atoms with E-state index in [1.165, 1.54) is 30.1 Å². The van der Waals surface area contributed by atoms with Crippen LogP contribution in [0.3, 0.4) is 0 Å². The van der Waals surface area contributed by atoms with Gasteiger partial charge in [-0.05, 0) is 25.9 Å². The molecule has 1 aliphatic rings. The molecule has 0 saturated carbocycles. The van der Waals surface area contributed by atoms with Crippen molar-refractivity contribution in [1.82, 2.24) is 14.7 Å². The molecule has 0 unspecified atom stereocenters. The minimum atomic E-state index is -0.309. The largest absolute Gasteiger partial charge is 0.301 e. The highest BCUT2D eigenvalue weighted by molar-refractivity contribution is 6.41. The lowest BCUT2D eigenvalue weighted by Gasteiger charge is -2.26. The number of nitrogens with zero attached hydrogens (tertiary/aromatic N) is 3. The number of halogens is 3. The molecular weight excluding hydrogens is 297 g/mol. The lowest BCUT2D eigenvalue weighted by Crippen LogP contribution is -2.35. The topological polar surface area (TPSA) is 38.1 Å². The molecule has 18 heavy (non-hydrogen) atoms. The highest BCUT2D eigenvalue weighted by Gasteiger charge is 2.11. The van der Waals surface area contributed by atoms with Crippen LogP contribution >= 0.6 is 35.6 Å². The summed E-state index contributed by atoms with van der Waals surface area (Å²) in [5.74, 6) is 0. The predicted molar refractivity (Wildman–Crippen MR) is 76.1 cm³/mol. The van der Waals surface area contributed by atoms with Crippen LogP contribution in [-0.2, 0) is 6.54 Å². The van der Waals surface area contributed by atoms with Gasteiger partial charge in [-0.3, -0.25) is 4.79 Å². The molecule has 1 aliphatic heterocycles. The van der Waals surface area contributed by atoms with Crippen molar-refractivity contribution in [1.29, 1.82) is 0 Å². The van der Waals surface area contributed by atoms with Gasteiger partial charge in [0.2, 0.25) is 0 Å². The van der Waals surface area contributed by atoms with Gasteiger partial charge < -0.3 is 4.90 Å². The summed E-state index contributed by atoms with van der Waals surface area (Å²) in [5.41, 5.74) is -0.309. The first kappa shape index (κ1) is 15.8. The van der Waals surface area contributed by atoms with E-state index >= 15 is 0 Å². The normalized spacial score (nSPS) is 16.3. The molecule has 0 spiro atoms. The van der Waals surface area contributed by atoms with Gasteiger partial charge in [-0.1, -0.05) is 29.6 Å². The standard InChI is InChI=1S/C11H15Cl2N3O.ClH/c12-9-8-14-16(11(17)10(9)13)7-6-15-4-2-1-3-5-15;/h8H,1-7H2;1H. The van der Waals surface area contributed by atoms with E-state index in [2.05, 4.69) is 10.00 Å². The number of hydrogen-bond donors (Lipinski definition) is 0. The first-order valence-corrected chi connectivity index (χ1v) is 6.57. The number of hydrogen-bond acceptors (Lipinski definition) is 3. The van der Waals surface area contributed by atoms with Gasteiger partial charge in [-0.15, -0.1) is 12.4 Å². The Morgan fingerprint density at radius 1 is 1.17 bits per heavy atom. The van der Waals surface area contributed by atoms with Crippen LogP contribution < -0.4 is 5.56 Å². The second-order valence-electron chi connectivity index (χ2n) is 4.24. The summed E-state index contributed by atoms with van der Waals surface area (Å²) >= 11 is 11.5.